The van der Waals surface area contributed by atoms with Gasteiger partial charge in [-0.1, -0.05) is 19.8 Å². The molecular formula is C12H19NO3. The maximum absolute atomic E-state index is 11.1. The van der Waals surface area contributed by atoms with E-state index in [1.54, 1.807) is 0 Å². The van der Waals surface area contributed by atoms with Crippen molar-refractivity contribution in [3.63, 3.8) is 0 Å². The van der Waals surface area contributed by atoms with Gasteiger partial charge in [-0.2, -0.15) is 0 Å². The van der Waals surface area contributed by atoms with Gasteiger partial charge in [0, 0.05) is 13.0 Å². The predicted octanol–water partition coefficient (Wildman–Crippen LogP) is 1.26. The highest BCUT2D eigenvalue weighted by molar-refractivity contribution is 5.78. The fourth-order valence-electron chi connectivity index (χ4n) is 1.57. The Morgan fingerprint density at radius 3 is 2.50 bits per heavy atom. The van der Waals surface area contributed by atoms with Crippen LogP contribution in [0.2, 0.25) is 0 Å². The van der Waals surface area contributed by atoms with E-state index in [2.05, 4.69) is 11.2 Å². The van der Waals surface area contributed by atoms with Gasteiger partial charge in [-0.15, -0.1) is 6.42 Å². The molecule has 0 fully saturated rings. The molecule has 1 unspecified atom stereocenters. The topological polar surface area (TPSA) is 66.4 Å². The normalized spacial score (nSPS) is 11.9. The van der Waals surface area contributed by atoms with Gasteiger partial charge in [-0.3, -0.25) is 9.59 Å². The molecule has 16 heavy (non-hydrogen) atoms. The molecule has 0 rings (SSSR count). The van der Waals surface area contributed by atoms with Crippen LogP contribution in [-0.2, 0) is 9.59 Å². The lowest BCUT2D eigenvalue weighted by Crippen LogP contribution is -2.30. The molecule has 0 aliphatic carbocycles. The van der Waals surface area contributed by atoms with Crippen molar-refractivity contribution in [2.75, 3.05) is 6.54 Å². The molecule has 0 aromatic carbocycles. The van der Waals surface area contributed by atoms with Crippen molar-refractivity contribution in [2.24, 2.45) is 11.8 Å². The first-order valence-corrected chi connectivity index (χ1v) is 5.37. The second-order valence-corrected chi connectivity index (χ2v) is 4.28. The lowest BCUT2D eigenvalue weighted by molar-refractivity contribution is -0.138. The van der Waals surface area contributed by atoms with Crippen molar-refractivity contribution in [1.82, 2.24) is 5.32 Å². The van der Waals surface area contributed by atoms with E-state index in [-0.39, 0.29) is 24.7 Å². The number of carboxylic acid groups (broad SMARTS) is 1. The SMILES string of the molecule is C#CCC(=O)NCC(CC(=O)O)CC(C)C. The number of terminal acetylenes is 1. The first-order valence-electron chi connectivity index (χ1n) is 5.37. The molecule has 2 N–H and O–H groups in total. The Kier molecular flexibility index (Phi) is 7.02. The largest absolute Gasteiger partial charge is 0.481 e. The Balaban J connectivity index is 4.06. The van der Waals surface area contributed by atoms with Crippen LogP contribution in [0.15, 0.2) is 0 Å². The number of carbonyl (C=O) groups excluding carboxylic acids is 1. The standard InChI is InChI=1S/C12H19NO3/c1-4-5-11(14)13-8-10(6-9(2)3)7-12(15)16/h1,9-10H,5-8H2,2-3H3,(H,13,14)(H,15,16). The molecule has 0 radical (unpaired) electrons. The zero-order chi connectivity index (χ0) is 12.6. The van der Waals surface area contributed by atoms with Gasteiger partial charge in [-0.05, 0) is 18.3 Å². The predicted molar refractivity (Wildman–Crippen MR) is 61.7 cm³/mol. The molecule has 1 amide bonds. The van der Waals surface area contributed by atoms with Gasteiger partial charge in [0.05, 0.1) is 6.42 Å². The molecule has 0 aromatic heterocycles. The van der Waals surface area contributed by atoms with E-state index in [4.69, 9.17) is 11.5 Å². The molecule has 0 aromatic rings. The fraction of sp³-hybridized carbons (Fsp3) is 0.667. The summed E-state index contributed by atoms with van der Waals surface area (Å²) in [6, 6.07) is 0. The van der Waals surface area contributed by atoms with E-state index in [9.17, 15) is 9.59 Å². The molecule has 0 bridgehead atoms. The summed E-state index contributed by atoms with van der Waals surface area (Å²) in [5, 5.41) is 11.4. The third-order valence-electron chi connectivity index (χ3n) is 2.12. The van der Waals surface area contributed by atoms with Gasteiger partial charge in [0.2, 0.25) is 5.91 Å². The van der Waals surface area contributed by atoms with E-state index in [1.807, 2.05) is 13.8 Å². The van der Waals surface area contributed by atoms with Crippen molar-refractivity contribution < 1.29 is 14.7 Å². The molecule has 0 aliphatic heterocycles. The smallest absolute Gasteiger partial charge is 0.303 e. The van der Waals surface area contributed by atoms with Crippen molar-refractivity contribution in [3.05, 3.63) is 0 Å². The van der Waals surface area contributed by atoms with Gasteiger partial charge < -0.3 is 10.4 Å². The van der Waals surface area contributed by atoms with Crippen LogP contribution in [0.5, 0.6) is 0 Å². The van der Waals surface area contributed by atoms with Gasteiger partial charge in [0.25, 0.3) is 0 Å². The van der Waals surface area contributed by atoms with Crippen molar-refractivity contribution >= 4 is 11.9 Å². The van der Waals surface area contributed by atoms with Crippen LogP contribution in [0.1, 0.15) is 33.1 Å². The van der Waals surface area contributed by atoms with E-state index in [0.29, 0.717) is 12.5 Å². The number of carbonyl (C=O) groups is 2. The fourth-order valence-corrected chi connectivity index (χ4v) is 1.57. The van der Waals surface area contributed by atoms with Gasteiger partial charge in [0.1, 0.15) is 0 Å². The number of carboxylic acids is 1. The lowest BCUT2D eigenvalue weighted by Gasteiger charge is -2.17. The molecule has 0 saturated carbocycles. The summed E-state index contributed by atoms with van der Waals surface area (Å²) < 4.78 is 0. The number of amides is 1. The molecular weight excluding hydrogens is 206 g/mol. The van der Waals surface area contributed by atoms with Crippen molar-refractivity contribution in [2.45, 2.75) is 33.1 Å². The summed E-state index contributed by atoms with van der Waals surface area (Å²) in [6.45, 7) is 4.43. The highest BCUT2D eigenvalue weighted by Gasteiger charge is 2.15. The average molecular weight is 225 g/mol. The van der Waals surface area contributed by atoms with Gasteiger partial charge in [-0.25, -0.2) is 0 Å². The average Bonchev–Trinajstić information content (AvgIpc) is 2.13. The first kappa shape index (κ1) is 14.5. The maximum atomic E-state index is 11.1. The highest BCUT2D eigenvalue weighted by Crippen LogP contribution is 2.14. The second kappa shape index (κ2) is 7.75. The van der Waals surface area contributed by atoms with Crippen LogP contribution in [0.3, 0.4) is 0 Å². The summed E-state index contributed by atoms with van der Waals surface area (Å²) in [5.41, 5.74) is 0. The minimum Gasteiger partial charge on any atom is -0.481 e. The third kappa shape index (κ3) is 7.86. The summed E-state index contributed by atoms with van der Waals surface area (Å²) in [5.74, 6) is 1.57. The van der Waals surface area contributed by atoms with Crippen LogP contribution >= 0.6 is 0 Å². The van der Waals surface area contributed by atoms with E-state index in [0.717, 1.165) is 6.42 Å². The summed E-state index contributed by atoms with van der Waals surface area (Å²) in [6.07, 6.45) is 5.89. The van der Waals surface area contributed by atoms with Gasteiger partial charge >= 0.3 is 5.97 Å². The maximum Gasteiger partial charge on any atom is 0.303 e. The Morgan fingerprint density at radius 2 is 2.06 bits per heavy atom. The lowest BCUT2D eigenvalue weighted by atomic mass is 9.94. The molecule has 0 saturated heterocycles. The minimum absolute atomic E-state index is 0.0285. The van der Waals surface area contributed by atoms with Crippen LogP contribution in [0.25, 0.3) is 0 Å². The zero-order valence-corrected chi connectivity index (χ0v) is 9.82. The van der Waals surface area contributed by atoms with Crippen LogP contribution in [0.4, 0.5) is 0 Å². The summed E-state index contributed by atoms with van der Waals surface area (Å²) >= 11 is 0. The first-order chi connectivity index (χ1) is 7.45. The quantitative estimate of drug-likeness (QED) is 0.641. The number of rotatable bonds is 7. The van der Waals surface area contributed by atoms with Gasteiger partial charge in [0.15, 0.2) is 0 Å². The second-order valence-electron chi connectivity index (χ2n) is 4.28. The number of aliphatic carboxylic acids is 1. The van der Waals surface area contributed by atoms with E-state index < -0.39 is 5.97 Å². The molecule has 0 heterocycles. The zero-order valence-electron chi connectivity index (χ0n) is 9.82. The van der Waals surface area contributed by atoms with Crippen LogP contribution < -0.4 is 5.32 Å². The summed E-state index contributed by atoms with van der Waals surface area (Å²) in [7, 11) is 0. The van der Waals surface area contributed by atoms with E-state index in [1.165, 1.54) is 0 Å². The number of nitrogens with one attached hydrogen (secondary N) is 1. The molecule has 1 atom stereocenters. The Labute approximate surface area is 96.4 Å². The third-order valence-corrected chi connectivity index (χ3v) is 2.12. The Morgan fingerprint density at radius 1 is 1.44 bits per heavy atom. The van der Waals surface area contributed by atoms with E-state index >= 15 is 0 Å². The minimum atomic E-state index is -0.836. The van der Waals surface area contributed by atoms with Crippen molar-refractivity contribution in [3.8, 4) is 12.3 Å². The molecule has 0 spiro atoms. The molecule has 0 aliphatic rings. The Hall–Kier alpha value is -1.50. The Bertz CT molecular complexity index is 278. The molecule has 90 valence electrons. The molecule has 4 heteroatoms. The highest BCUT2D eigenvalue weighted by atomic mass is 16.4. The van der Waals surface area contributed by atoms with Crippen molar-refractivity contribution in [1.29, 1.82) is 0 Å². The summed E-state index contributed by atoms with van der Waals surface area (Å²) in [4.78, 5) is 21.7. The van der Waals surface area contributed by atoms with Crippen LogP contribution in [0, 0.1) is 24.2 Å². The number of hydrogen-bond acceptors (Lipinski definition) is 2. The van der Waals surface area contributed by atoms with Crippen LogP contribution in [-0.4, -0.2) is 23.5 Å². The molecule has 4 nitrogen and oxygen atoms in total. The number of hydrogen-bond donors (Lipinski definition) is 2. The monoisotopic (exact) mass is 225 g/mol.